The Kier molecular flexibility index (Phi) is 2.76. The molecular formula is C13H23NOS. The molecule has 0 spiro atoms. The molecule has 3 aliphatic carbocycles. The fourth-order valence-electron chi connectivity index (χ4n) is 4.24. The molecule has 2 unspecified atom stereocenters. The molecule has 1 saturated heterocycles. The molecule has 4 rings (SSSR count). The van der Waals surface area contributed by atoms with E-state index < -0.39 is 5.60 Å². The largest absolute Gasteiger partial charge is 0.387 e. The first-order valence-corrected chi connectivity index (χ1v) is 7.88. The first-order valence-electron chi connectivity index (χ1n) is 6.73. The Bertz CT molecular complexity index is 269. The molecule has 0 aromatic heterocycles. The van der Waals surface area contributed by atoms with Gasteiger partial charge in [-0.25, -0.2) is 0 Å². The highest BCUT2D eigenvalue weighted by atomic mass is 32.2. The lowest BCUT2D eigenvalue weighted by Gasteiger charge is -2.58. The molecule has 16 heavy (non-hydrogen) atoms. The topological polar surface area (TPSA) is 46.2 Å². The third-order valence-corrected chi connectivity index (χ3v) is 6.55. The first-order chi connectivity index (χ1) is 7.64. The van der Waals surface area contributed by atoms with E-state index in [9.17, 15) is 5.11 Å². The van der Waals surface area contributed by atoms with Crippen molar-refractivity contribution in [1.29, 1.82) is 0 Å². The van der Waals surface area contributed by atoms with Crippen molar-refractivity contribution in [2.75, 3.05) is 11.5 Å². The van der Waals surface area contributed by atoms with E-state index in [4.69, 9.17) is 5.73 Å². The van der Waals surface area contributed by atoms with Crippen molar-refractivity contribution in [1.82, 2.24) is 0 Å². The summed E-state index contributed by atoms with van der Waals surface area (Å²) >= 11 is 1.89. The first kappa shape index (κ1) is 11.4. The smallest absolute Gasteiger partial charge is 0.0919 e. The van der Waals surface area contributed by atoms with Crippen LogP contribution < -0.4 is 5.73 Å². The maximum absolute atomic E-state index is 10.9. The van der Waals surface area contributed by atoms with Crippen molar-refractivity contribution in [2.24, 2.45) is 17.6 Å². The maximum Gasteiger partial charge on any atom is 0.0919 e. The summed E-state index contributed by atoms with van der Waals surface area (Å²) in [5.74, 6) is 3.45. The Morgan fingerprint density at radius 2 is 1.94 bits per heavy atom. The third kappa shape index (κ3) is 1.55. The second kappa shape index (κ2) is 3.89. The average molecular weight is 241 g/mol. The van der Waals surface area contributed by atoms with E-state index in [0.717, 1.165) is 30.9 Å². The molecule has 1 heterocycles. The van der Waals surface area contributed by atoms with Crippen LogP contribution in [0.15, 0.2) is 0 Å². The molecule has 2 nitrogen and oxygen atoms in total. The molecule has 1 aliphatic heterocycles. The minimum atomic E-state index is -0.570. The van der Waals surface area contributed by atoms with E-state index in [0.29, 0.717) is 5.92 Å². The van der Waals surface area contributed by atoms with E-state index in [2.05, 4.69) is 0 Å². The van der Waals surface area contributed by atoms with Crippen LogP contribution in [0.2, 0.25) is 0 Å². The summed E-state index contributed by atoms with van der Waals surface area (Å²) in [6.07, 6.45) is 8.37. The van der Waals surface area contributed by atoms with E-state index in [1.807, 2.05) is 11.8 Å². The normalized spacial score (nSPS) is 52.9. The quantitative estimate of drug-likeness (QED) is 0.739. The van der Waals surface area contributed by atoms with Crippen molar-refractivity contribution in [2.45, 2.75) is 56.1 Å². The fraction of sp³-hybridized carbons (Fsp3) is 1.00. The summed E-state index contributed by atoms with van der Waals surface area (Å²) in [5.41, 5.74) is 5.86. The van der Waals surface area contributed by atoms with Crippen molar-refractivity contribution in [3.63, 3.8) is 0 Å². The minimum absolute atomic E-state index is 0.262. The molecular weight excluding hydrogens is 218 g/mol. The van der Waals surface area contributed by atoms with Crippen molar-refractivity contribution in [3.05, 3.63) is 0 Å². The summed E-state index contributed by atoms with van der Waals surface area (Å²) in [5, 5.41) is 10.9. The van der Waals surface area contributed by atoms with Gasteiger partial charge >= 0.3 is 0 Å². The number of hydrogen-bond acceptors (Lipinski definition) is 3. The highest BCUT2D eigenvalue weighted by molar-refractivity contribution is 7.99. The van der Waals surface area contributed by atoms with Gasteiger partial charge in [-0.15, -0.1) is 0 Å². The number of hydrogen-bond donors (Lipinski definition) is 2. The van der Waals surface area contributed by atoms with Crippen LogP contribution in [0.5, 0.6) is 0 Å². The maximum atomic E-state index is 10.9. The van der Waals surface area contributed by atoms with Gasteiger partial charge < -0.3 is 10.8 Å². The van der Waals surface area contributed by atoms with Gasteiger partial charge in [-0.05, 0) is 49.7 Å². The molecule has 0 amide bonds. The molecule has 0 aromatic carbocycles. The lowest BCUT2D eigenvalue weighted by molar-refractivity contribution is -0.0974. The fourth-order valence-corrected chi connectivity index (χ4v) is 5.49. The predicted molar refractivity (Wildman–Crippen MR) is 68.5 cm³/mol. The molecule has 3 heteroatoms. The van der Waals surface area contributed by atoms with Gasteiger partial charge in [0.2, 0.25) is 0 Å². The predicted octanol–water partition coefficient (Wildman–Crippen LogP) is 2.15. The minimum Gasteiger partial charge on any atom is -0.387 e. The summed E-state index contributed by atoms with van der Waals surface area (Å²) in [7, 11) is 0. The highest BCUT2D eigenvalue weighted by Gasteiger charge is 2.56. The molecule has 0 aromatic rings. The lowest BCUT2D eigenvalue weighted by atomic mass is 9.55. The molecule has 4 fully saturated rings. The molecule has 3 saturated carbocycles. The summed E-state index contributed by atoms with van der Waals surface area (Å²) in [6, 6.07) is 0. The van der Waals surface area contributed by atoms with E-state index in [1.165, 1.54) is 31.4 Å². The molecule has 2 atom stereocenters. The zero-order valence-electron chi connectivity index (χ0n) is 9.95. The Labute approximate surface area is 102 Å². The van der Waals surface area contributed by atoms with Crippen LogP contribution in [0.3, 0.4) is 0 Å². The third-order valence-electron chi connectivity index (χ3n) is 5.29. The zero-order valence-corrected chi connectivity index (χ0v) is 10.8. The second-order valence-electron chi connectivity index (χ2n) is 6.15. The number of nitrogens with two attached hydrogens (primary N) is 1. The monoisotopic (exact) mass is 241 g/mol. The van der Waals surface area contributed by atoms with Crippen LogP contribution in [0.4, 0.5) is 0 Å². The van der Waals surface area contributed by atoms with Crippen LogP contribution in [0.25, 0.3) is 0 Å². The molecule has 92 valence electrons. The molecule has 3 N–H and O–H groups in total. The molecule has 0 radical (unpaired) electrons. The van der Waals surface area contributed by atoms with E-state index >= 15 is 0 Å². The SMILES string of the molecule is NC1(C2(O)CCCSC2)CC2CCC1CC2. The highest BCUT2D eigenvalue weighted by Crippen LogP contribution is 2.52. The number of fused-ring (bicyclic) bond motifs is 3. The van der Waals surface area contributed by atoms with Crippen LogP contribution in [0, 0.1) is 11.8 Å². The van der Waals surface area contributed by atoms with E-state index in [1.54, 1.807) is 0 Å². The van der Waals surface area contributed by atoms with Crippen molar-refractivity contribution < 1.29 is 5.11 Å². The van der Waals surface area contributed by atoms with Crippen LogP contribution >= 0.6 is 11.8 Å². The van der Waals surface area contributed by atoms with Crippen molar-refractivity contribution >= 4 is 11.8 Å². The van der Waals surface area contributed by atoms with Gasteiger partial charge in [0, 0.05) is 11.3 Å². The number of rotatable bonds is 1. The number of aliphatic hydroxyl groups is 1. The standard InChI is InChI=1S/C13H23NOS/c14-13(12(15)6-1-7-16-9-12)8-10-2-4-11(13)5-3-10/h10-11,15H,1-9,14H2. The zero-order chi connectivity index (χ0) is 11.2. The second-order valence-corrected chi connectivity index (χ2v) is 7.26. The Balaban J connectivity index is 1.86. The Hall–Kier alpha value is 0.270. The average Bonchev–Trinajstić information content (AvgIpc) is 2.31. The van der Waals surface area contributed by atoms with E-state index in [-0.39, 0.29) is 5.54 Å². The van der Waals surface area contributed by atoms with Crippen LogP contribution in [0.1, 0.15) is 44.9 Å². The van der Waals surface area contributed by atoms with Gasteiger partial charge in [0.1, 0.15) is 0 Å². The lowest BCUT2D eigenvalue weighted by Crippen LogP contribution is -2.70. The van der Waals surface area contributed by atoms with Gasteiger partial charge in [0.15, 0.2) is 0 Å². The van der Waals surface area contributed by atoms with Crippen molar-refractivity contribution in [3.8, 4) is 0 Å². The summed E-state index contributed by atoms with van der Waals surface area (Å²) < 4.78 is 0. The Morgan fingerprint density at radius 1 is 1.19 bits per heavy atom. The molecule has 4 aliphatic rings. The summed E-state index contributed by atoms with van der Waals surface area (Å²) in [6.45, 7) is 0. The van der Waals surface area contributed by atoms with Crippen LogP contribution in [-0.4, -0.2) is 27.8 Å². The van der Waals surface area contributed by atoms with Gasteiger partial charge in [-0.1, -0.05) is 12.8 Å². The van der Waals surface area contributed by atoms with Gasteiger partial charge in [-0.2, -0.15) is 11.8 Å². The summed E-state index contributed by atoms with van der Waals surface area (Å²) in [4.78, 5) is 0. The molecule has 2 bridgehead atoms. The van der Waals surface area contributed by atoms with Gasteiger partial charge in [0.25, 0.3) is 0 Å². The van der Waals surface area contributed by atoms with Gasteiger partial charge in [-0.3, -0.25) is 0 Å². The van der Waals surface area contributed by atoms with Crippen LogP contribution in [-0.2, 0) is 0 Å². The Morgan fingerprint density at radius 3 is 2.44 bits per heavy atom. The van der Waals surface area contributed by atoms with Gasteiger partial charge in [0.05, 0.1) is 5.60 Å². The number of thioether (sulfide) groups is 1.